The highest BCUT2D eigenvalue weighted by atomic mass is 16.5. The summed E-state index contributed by atoms with van der Waals surface area (Å²) in [6.45, 7) is 5.16. The van der Waals surface area contributed by atoms with Crippen molar-refractivity contribution in [2.75, 3.05) is 11.9 Å². The molecule has 0 unspecified atom stereocenters. The van der Waals surface area contributed by atoms with Crippen LogP contribution < -0.4 is 10.1 Å². The third-order valence-corrected chi connectivity index (χ3v) is 5.44. The van der Waals surface area contributed by atoms with Gasteiger partial charge >= 0.3 is 0 Å². The first kappa shape index (κ1) is 20.1. The molecule has 0 bridgehead atoms. The zero-order chi connectivity index (χ0) is 20.9. The quantitative estimate of drug-likeness (QED) is 0.640. The van der Waals surface area contributed by atoms with E-state index in [-0.39, 0.29) is 12.5 Å². The average molecular weight is 405 g/mol. The number of nitrogens with zero attached hydrogens (tertiary/aromatic N) is 3. The Hall–Kier alpha value is -3.15. The third kappa shape index (κ3) is 4.53. The molecule has 1 aliphatic heterocycles. The number of nitrogens with one attached hydrogen (secondary N) is 1. The smallest absolute Gasteiger partial charge is 0.262 e. The largest absolute Gasteiger partial charge is 0.483 e. The molecule has 1 amide bonds. The molecule has 0 atom stereocenters. The first-order valence-corrected chi connectivity index (χ1v) is 10.7. The highest BCUT2D eigenvalue weighted by Gasteiger charge is 2.16. The Morgan fingerprint density at radius 3 is 2.67 bits per heavy atom. The van der Waals surface area contributed by atoms with Gasteiger partial charge in [0.2, 0.25) is 0 Å². The number of benzene rings is 2. The Balaban J connectivity index is 1.38. The SMILES string of the molecule is CC(C)c1ccccc1OCC(=O)Nc1ccc(-c2nnc3n2CCCCC3)cc1. The van der Waals surface area contributed by atoms with Gasteiger partial charge in [0.1, 0.15) is 11.6 Å². The first-order valence-electron chi connectivity index (χ1n) is 10.7. The number of aromatic nitrogens is 3. The second-order valence-corrected chi connectivity index (χ2v) is 8.01. The Morgan fingerprint density at radius 2 is 1.87 bits per heavy atom. The van der Waals surface area contributed by atoms with Crippen LogP contribution in [0.25, 0.3) is 11.4 Å². The van der Waals surface area contributed by atoms with E-state index in [1.807, 2.05) is 48.5 Å². The molecular formula is C24H28N4O2. The molecule has 0 radical (unpaired) electrons. The van der Waals surface area contributed by atoms with Gasteiger partial charge in [0.25, 0.3) is 5.91 Å². The van der Waals surface area contributed by atoms with Crippen LogP contribution >= 0.6 is 0 Å². The highest BCUT2D eigenvalue weighted by Crippen LogP contribution is 2.26. The molecule has 156 valence electrons. The van der Waals surface area contributed by atoms with Gasteiger partial charge in [-0.05, 0) is 54.7 Å². The number of ether oxygens (including phenoxy) is 1. The fraction of sp³-hybridized carbons (Fsp3) is 0.375. The normalized spacial score (nSPS) is 13.6. The molecule has 1 aromatic heterocycles. The number of carbonyl (C=O) groups excluding carboxylic acids is 1. The van der Waals surface area contributed by atoms with Crippen LogP contribution in [0.2, 0.25) is 0 Å². The predicted molar refractivity (Wildman–Crippen MR) is 118 cm³/mol. The summed E-state index contributed by atoms with van der Waals surface area (Å²) >= 11 is 0. The number of para-hydroxylation sites is 1. The molecule has 0 saturated heterocycles. The number of amides is 1. The van der Waals surface area contributed by atoms with Gasteiger partial charge in [0.15, 0.2) is 12.4 Å². The van der Waals surface area contributed by atoms with Crippen molar-refractivity contribution in [2.45, 2.75) is 52.0 Å². The number of hydrogen-bond donors (Lipinski definition) is 1. The molecular weight excluding hydrogens is 376 g/mol. The van der Waals surface area contributed by atoms with Crippen molar-refractivity contribution in [1.29, 1.82) is 0 Å². The van der Waals surface area contributed by atoms with Crippen molar-refractivity contribution < 1.29 is 9.53 Å². The Labute approximate surface area is 177 Å². The van der Waals surface area contributed by atoms with Gasteiger partial charge in [-0.25, -0.2) is 0 Å². The predicted octanol–water partition coefficient (Wildman–Crippen LogP) is 4.81. The Kier molecular flexibility index (Phi) is 6.12. The van der Waals surface area contributed by atoms with Crippen molar-refractivity contribution in [3.05, 3.63) is 59.9 Å². The lowest BCUT2D eigenvalue weighted by Gasteiger charge is -2.14. The minimum absolute atomic E-state index is 0.0246. The molecule has 1 N–H and O–H groups in total. The molecule has 2 aromatic carbocycles. The maximum absolute atomic E-state index is 12.3. The second kappa shape index (κ2) is 9.11. The maximum atomic E-state index is 12.3. The van der Waals surface area contributed by atoms with Crippen molar-refractivity contribution in [2.24, 2.45) is 0 Å². The lowest BCUT2D eigenvalue weighted by Crippen LogP contribution is -2.20. The lowest BCUT2D eigenvalue weighted by molar-refractivity contribution is -0.118. The van der Waals surface area contributed by atoms with Crippen molar-refractivity contribution in [3.63, 3.8) is 0 Å². The molecule has 3 aromatic rings. The van der Waals surface area contributed by atoms with Crippen molar-refractivity contribution >= 4 is 11.6 Å². The molecule has 2 heterocycles. The molecule has 4 rings (SSSR count). The molecule has 30 heavy (non-hydrogen) atoms. The van der Waals surface area contributed by atoms with E-state index in [9.17, 15) is 4.79 Å². The fourth-order valence-corrected chi connectivity index (χ4v) is 3.83. The van der Waals surface area contributed by atoms with E-state index in [4.69, 9.17) is 4.74 Å². The molecule has 6 nitrogen and oxygen atoms in total. The molecule has 0 spiro atoms. The molecule has 0 saturated carbocycles. The molecule has 1 aliphatic rings. The summed E-state index contributed by atoms with van der Waals surface area (Å²) in [5.74, 6) is 2.88. The lowest BCUT2D eigenvalue weighted by atomic mass is 10.0. The van der Waals surface area contributed by atoms with Crippen LogP contribution in [0.5, 0.6) is 5.75 Å². The van der Waals surface area contributed by atoms with E-state index in [1.165, 1.54) is 12.8 Å². The minimum Gasteiger partial charge on any atom is -0.483 e. The van der Waals surface area contributed by atoms with Crippen LogP contribution in [0.4, 0.5) is 5.69 Å². The van der Waals surface area contributed by atoms with Gasteiger partial charge in [-0.15, -0.1) is 10.2 Å². The fourth-order valence-electron chi connectivity index (χ4n) is 3.83. The van der Waals surface area contributed by atoms with E-state index < -0.39 is 0 Å². The number of rotatable bonds is 6. The van der Waals surface area contributed by atoms with E-state index in [2.05, 4.69) is 33.9 Å². The van der Waals surface area contributed by atoms with E-state index >= 15 is 0 Å². The van der Waals surface area contributed by atoms with Gasteiger partial charge < -0.3 is 14.6 Å². The number of fused-ring (bicyclic) bond motifs is 1. The van der Waals surface area contributed by atoms with Gasteiger partial charge in [0, 0.05) is 24.2 Å². The van der Waals surface area contributed by atoms with Gasteiger partial charge in [-0.3, -0.25) is 4.79 Å². The summed E-state index contributed by atoms with van der Waals surface area (Å²) in [6.07, 6.45) is 4.55. The molecule has 0 fully saturated rings. The van der Waals surface area contributed by atoms with Crippen LogP contribution in [-0.2, 0) is 17.8 Å². The second-order valence-electron chi connectivity index (χ2n) is 8.01. The van der Waals surface area contributed by atoms with Crippen LogP contribution in [-0.4, -0.2) is 27.3 Å². The number of carbonyl (C=O) groups is 1. The van der Waals surface area contributed by atoms with Crippen molar-refractivity contribution in [3.8, 4) is 17.1 Å². The monoisotopic (exact) mass is 404 g/mol. The summed E-state index contributed by atoms with van der Waals surface area (Å²) < 4.78 is 7.98. The molecule has 0 aliphatic carbocycles. The van der Waals surface area contributed by atoms with E-state index in [1.54, 1.807) is 0 Å². The van der Waals surface area contributed by atoms with Crippen molar-refractivity contribution in [1.82, 2.24) is 14.8 Å². The van der Waals surface area contributed by atoms with Gasteiger partial charge in [-0.2, -0.15) is 0 Å². The van der Waals surface area contributed by atoms with Gasteiger partial charge in [-0.1, -0.05) is 38.5 Å². The minimum atomic E-state index is -0.183. The van der Waals surface area contributed by atoms with Crippen LogP contribution in [0.1, 0.15) is 50.4 Å². The summed E-state index contributed by atoms with van der Waals surface area (Å²) in [4.78, 5) is 12.3. The van der Waals surface area contributed by atoms with Crippen LogP contribution in [0.15, 0.2) is 48.5 Å². The van der Waals surface area contributed by atoms with Crippen LogP contribution in [0, 0.1) is 0 Å². The number of hydrogen-bond acceptors (Lipinski definition) is 4. The van der Waals surface area contributed by atoms with Crippen LogP contribution in [0.3, 0.4) is 0 Å². The summed E-state index contributed by atoms with van der Waals surface area (Å²) in [5, 5.41) is 11.7. The Morgan fingerprint density at radius 1 is 1.07 bits per heavy atom. The third-order valence-electron chi connectivity index (χ3n) is 5.44. The summed E-state index contributed by atoms with van der Waals surface area (Å²) in [5.41, 5.74) is 2.85. The average Bonchev–Trinajstić information content (AvgIpc) is 3.01. The van der Waals surface area contributed by atoms with E-state index in [0.717, 1.165) is 53.6 Å². The zero-order valence-corrected chi connectivity index (χ0v) is 17.6. The topological polar surface area (TPSA) is 69.0 Å². The zero-order valence-electron chi connectivity index (χ0n) is 17.6. The highest BCUT2D eigenvalue weighted by molar-refractivity contribution is 5.92. The van der Waals surface area contributed by atoms with E-state index in [0.29, 0.717) is 5.92 Å². The first-order chi connectivity index (χ1) is 14.6. The Bertz CT molecular complexity index is 1010. The summed E-state index contributed by atoms with van der Waals surface area (Å²) in [7, 11) is 0. The molecule has 6 heteroatoms. The summed E-state index contributed by atoms with van der Waals surface area (Å²) in [6, 6.07) is 15.6. The van der Waals surface area contributed by atoms with Gasteiger partial charge in [0.05, 0.1) is 0 Å². The number of aryl methyl sites for hydroxylation is 1. The standard InChI is InChI=1S/C24H28N4O2/c1-17(2)20-8-5-6-9-21(20)30-16-23(29)25-19-13-11-18(12-14-19)24-27-26-22-10-4-3-7-15-28(22)24/h5-6,8-9,11-14,17H,3-4,7,10,15-16H2,1-2H3,(H,25,29). The number of anilines is 1. The maximum Gasteiger partial charge on any atom is 0.262 e.